The normalized spacial score (nSPS) is 14.9. The molecule has 1 N–H and O–H groups in total. The molecule has 0 aliphatic heterocycles. The van der Waals surface area contributed by atoms with E-state index >= 15 is 4.39 Å². The summed E-state index contributed by atoms with van der Waals surface area (Å²) in [6, 6.07) is 10.8. The zero-order valence-electron chi connectivity index (χ0n) is 27.3. The van der Waals surface area contributed by atoms with Crippen molar-refractivity contribution in [2.75, 3.05) is 11.9 Å². The van der Waals surface area contributed by atoms with Gasteiger partial charge in [-0.05, 0) is 73.9 Å². The van der Waals surface area contributed by atoms with Crippen LogP contribution < -0.4 is 16.4 Å². The quantitative estimate of drug-likeness (QED) is 0.0925. The summed E-state index contributed by atoms with van der Waals surface area (Å²) in [5, 5.41) is 16.4. The fraction of sp³-hybridized carbons (Fsp3) is 0.441. The average Bonchev–Trinajstić information content (AvgIpc) is 3.81. The topological polar surface area (TPSA) is 115 Å². The van der Waals surface area contributed by atoms with E-state index in [0.29, 0.717) is 40.8 Å². The van der Waals surface area contributed by atoms with Crippen molar-refractivity contribution < 1.29 is 22.3 Å². The third-order valence-electron chi connectivity index (χ3n) is 8.58. The van der Waals surface area contributed by atoms with Crippen molar-refractivity contribution in [1.29, 1.82) is 5.26 Å². The van der Waals surface area contributed by atoms with Gasteiger partial charge in [0.25, 0.3) is 11.1 Å². The van der Waals surface area contributed by atoms with Crippen molar-refractivity contribution in [3.8, 4) is 17.3 Å². The lowest BCUT2D eigenvalue weighted by Gasteiger charge is -2.20. The number of ether oxygens (including phenoxy) is 1. The Morgan fingerprint density at radius 3 is 2.50 bits per heavy atom. The lowest BCUT2D eigenvalue weighted by molar-refractivity contribution is -0.138. The number of nitrogens with one attached hydrogen (secondary N) is 1. The summed E-state index contributed by atoms with van der Waals surface area (Å²) in [4.78, 5) is 30.4. The van der Waals surface area contributed by atoms with E-state index in [2.05, 4.69) is 41.1 Å². The molecule has 0 saturated heterocycles. The van der Waals surface area contributed by atoms with E-state index in [9.17, 15) is 28.0 Å². The fourth-order valence-electron chi connectivity index (χ4n) is 5.53. The first-order chi connectivity index (χ1) is 22.6. The molecule has 1 atom stereocenters. The van der Waals surface area contributed by atoms with Crippen molar-refractivity contribution in [2.45, 2.75) is 89.2 Å². The fourth-order valence-corrected chi connectivity index (χ4v) is 6.28. The highest BCUT2D eigenvalue weighted by Crippen LogP contribution is 2.47. The van der Waals surface area contributed by atoms with Crippen molar-refractivity contribution in [3.05, 3.63) is 86.6 Å². The molecule has 0 unspecified atom stereocenters. The van der Waals surface area contributed by atoms with Crippen LogP contribution in [0.25, 0.3) is 22.0 Å². The number of halogens is 4. The van der Waals surface area contributed by atoms with Gasteiger partial charge in [-0.1, -0.05) is 25.7 Å². The van der Waals surface area contributed by atoms with Crippen molar-refractivity contribution in [2.24, 2.45) is 0 Å². The van der Waals surface area contributed by atoms with Crippen LogP contribution in [0.5, 0.6) is 0 Å². The van der Waals surface area contributed by atoms with E-state index in [4.69, 9.17) is 4.74 Å². The standard InChI is InChI=1S/C34H38F4N6O3Si/c1-22(42-28-19-41-44(21-47-14-15-48(2,3)4)32(46)30(28)34(36,37)38)6-5-12-43-13-9-23-16-24(17-26(35)29(23)31(43)45)27-8-7-25(18-40-27)33(20-39)10-11-33/h7-9,13,16-19,22,42H,5-6,10-12,14-15,21H2,1-4H3/t22-/m0/s1. The van der Waals surface area contributed by atoms with Gasteiger partial charge in [0, 0.05) is 45.2 Å². The Labute approximate surface area is 276 Å². The van der Waals surface area contributed by atoms with Crippen LogP contribution in [0.4, 0.5) is 23.2 Å². The summed E-state index contributed by atoms with van der Waals surface area (Å²) in [6.45, 7) is 8.24. The van der Waals surface area contributed by atoms with E-state index in [0.717, 1.165) is 30.6 Å². The summed E-state index contributed by atoms with van der Waals surface area (Å²) in [7, 11) is -1.42. The molecule has 0 amide bonds. The maximum Gasteiger partial charge on any atom is 0.423 e. The van der Waals surface area contributed by atoms with Crippen LogP contribution in [0.3, 0.4) is 0 Å². The summed E-state index contributed by atoms with van der Waals surface area (Å²) < 4.78 is 64.7. The number of pyridine rings is 2. The molecule has 1 aliphatic rings. The number of aromatic nitrogens is 4. The molecule has 0 radical (unpaired) electrons. The van der Waals surface area contributed by atoms with Crippen LogP contribution in [0.15, 0.2) is 58.5 Å². The van der Waals surface area contributed by atoms with Crippen LogP contribution in [0.1, 0.15) is 43.7 Å². The Hall–Kier alpha value is -4.35. The largest absolute Gasteiger partial charge is 0.423 e. The molecule has 3 aromatic heterocycles. The molecule has 48 heavy (non-hydrogen) atoms. The van der Waals surface area contributed by atoms with Crippen LogP contribution in [-0.4, -0.2) is 40.1 Å². The molecule has 9 nitrogen and oxygen atoms in total. The molecule has 1 saturated carbocycles. The number of hydrogen-bond donors (Lipinski definition) is 1. The third-order valence-corrected chi connectivity index (χ3v) is 10.3. The molecule has 0 bridgehead atoms. The van der Waals surface area contributed by atoms with Crippen molar-refractivity contribution in [3.63, 3.8) is 0 Å². The molecule has 4 aromatic rings. The minimum atomic E-state index is -4.92. The summed E-state index contributed by atoms with van der Waals surface area (Å²) in [5.74, 6) is -0.693. The maximum absolute atomic E-state index is 15.3. The molecule has 14 heteroatoms. The van der Waals surface area contributed by atoms with Gasteiger partial charge in [-0.25, -0.2) is 9.07 Å². The van der Waals surface area contributed by atoms with Crippen molar-refractivity contribution in [1.82, 2.24) is 19.3 Å². The molecule has 1 fully saturated rings. The molecular formula is C34H38F4N6O3Si. The van der Waals surface area contributed by atoms with Gasteiger partial charge < -0.3 is 14.6 Å². The smallest absolute Gasteiger partial charge is 0.381 e. The number of anilines is 1. The Balaban J connectivity index is 1.23. The van der Waals surface area contributed by atoms with E-state index in [1.54, 1.807) is 37.5 Å². The number of alkyl halides is 3. The zero-order valence-corrected chi connectivity index (χ0v) is 28.3. The molecule has 3 heterocycles. The lowest BCUT2D eigenvalue weighted by atomic mass is 9.98. The highest BCUT2D eigenvalue weighted by atomic mass is 28.3. The summed E-state index contributed by atoms with van der Waals surface area (Å²) in [5.41, 5.74) is -2.22. The van der Waals surface area contributed by atoms with E-state index < -0.39 is 53.9 Å². The van der Waals surface area contributed by atoms with E-state index in [-0.39, 0.29) is 18.7 Å². The van der Waals surface area contributed by atoms with Crippen molar-refractivity contribution >= 4 is 24.5 Å². The maximum atomic E-state index is 15.3. The predicted octanol–water partition coefficient (Wildman–Crippen LogP) is 6.93. The Kier molecular flexibility index (Phi) is 9.93. The SMILES string of the molecule is C[C@@H](CCCn1ccc2cc(-c3ccc(C4(C#N)CC4)cn3)cc(F)c2c1=O)Nc1cnn(COCC[Si](C)(C)C)c(=O)c1C(F)(F)F. The number of hydrogen-bond acceptors (Lipinski definition) is 7. The lowest BCUT2D eigenvalue weighted by Crippen LogP contribution is -2.34. The minimum absolute atomic E-state index is 0.0728. The Morgan fingerprint density at radius 1 is 1.12 bits per heavy atom. The second-order valence-corrected chi connectivity index (χ2v) is 19.3. The highest BCUT2D eigenvalue weighted by Gasteiger charge is 2.45. The Bertz CT molecular complexity index is 1960. The van der Waals surface area contributed by atoms with Gasteiger partial charge in [-0.15, -0.1) is 0 Å². The number of benzene rings is 1. The number of nitriles is 1. The number of rotatable bonds is 13. The molecule has 5 rings (SSSR count). The third kappa shape index (κ3) is 7.85. The highest BCUT2D eigenvalue weighted by molar-refractivity contribution is 6.76. The molecule has 1 aliphatic carbocycles. The monoisotopic (exact) mass is 682 g/mol. The van der Waals surface area contributed by atoms with E-state index in [1.165, 1.54) is 10.6 Å². The number of nitrogens with zero attached hydrogens (tertiary/aromatic N) is 5. The first kappa shape index (κ1) is 35.0. The van der Waals surface area contributed by atoms with Gasteiger partial charge in [0.2, 0.25) is 0 Å². The molecular weight excluding hydrogens is 644 g/mol. The van der Waals surface area contributed by atoms with Crippen LogP contribution in [0, 0.1) is 17.1 Å². The summed E-state index contributed by atoms with van der Waals surface area (Å²) >= 11 is 0. The van der Waals surface area contributed by atoms with Gasteiger partial charge >= 0.3 is 6.18 Å². The molecule has 0 spiro atoms. The van der Waals surface area contributed by atoms with Crippen LogP contribution in [0.2, 0.25) is 25.7 Å². The van der Waals surface area contributed by atoms with Crippen LogP contribution in [-0.2, 0) is 29.6 Å². The van der Waals surface area contributed by atoms with Gasteiger partial charge in [0.15, 0.2) is 0 Å². The molecule has 1 aromatic carbocycles. The second-order valence-electron chi connectivity index (χ2n) is 13.6. The Morgan fingerprint density at radius 2 is 1.88 bits per heavy atom. The van der Waals surface area contributed by atoms with Crippen LogP contribution >= 0.6 is 0 Å². The summed E-state index contributed by atoms with van der Waals surface area (Å²) in [6.07, 6.45) is 1.58. The van der Waals surface area contributed by atoms with Gasteiger partial charge in [0.05, 0.1) is 34.4 Å². The number of fused-ring (bicyclic) bond motifs is 1. The zero-order chi connectivity index (χ0) is 34.9. The van der Waals surface area contributed by atoms with Gasteiger partial charge in [-0.3, -0.25) is 14.6 Å². The average molecular weight is 683 g/mol. The minimum Gasteiger partial charge on any atom is -0.381 e. The predicted molar refractivity (Wildman–Crippen MR) is 178 cm³/mol. The van der Waals surface area contributed by atoms with Gasteiger partial charge in [0.1, 0.15) is 18.1 Å². The first-order valence-corrected chi connectivity index (χ1v) is 19.5. The van der Waals surface area contributed by atoms with E-state index in [1.807, 2.05) is 6.07 Å². The molecule has 254 valence electrons. The second kappa shape index (κ2) is 13.6. The van der Waals surface area contributed by atoms with Gasteiger partial charge in [-0.2, -0.15) is 23.5 Å². The first-order valence-electron chi connectivity index (χ1n) is 15.8. The number of aryl methyl sites for hydroxylation is 1.